The van der Waals surface area contributed by atoms with Crippen molar-refractivity contribution in [1.29, 1.82) is 0 Å². The summed E-state index contributed by atoms with van der Waals surface area (Å²) in [5, 5.41) is 16.1. The standard InChI is InChI=1S/C12H17N5O/c1-3-4-8(2)10-7-11(17-16-10)14-12(18)9-5-6-13-15-9/h5-8H,3-4H2,1-2H3,(H,13,15)(H2,14,16,17,18). The smallest absolute Gasteiger partial charge is 0.274 e. The van der Waals surface area contributed by atoms with Crippen LogP contribution in [0.2, 0.25) is 0 Å². The Morgan fingerprint density at radius 2 is 2.33 bits per heavy atom. The van der Waals surface area contributed by atoms with Gasteiger partial charge in [-0.1, -0.05) is 20.3 Å². The van der Waals surface area contributed by atoms with E-state index in [0.717, 1.165) is 18.5 Å². The van der Waals surface area contributed by atoms with Gasteiger partial charge >= 0.3 is 0 Å². The van der Waals surface area contributed by atoms with E-state index in [1.54, 1.807) is 6.07 Å². The molecule has 2 rings (SSSR count). The second-order valence-corrected chi connectivity index (χ2v) is 4.32. The maximum atomic E-state index is 11.7. The van der Waals surface area contributed by atoms with Crippen LogP contribution in [0, 0.1) is 0 Å². The van der Waals surface area contributed by atoms with E-state index in [1.807, 2.05) is 6.07 Å². The summed E-state index contributed by atoms with van der Waals surface area (Å²) in [7, 11) is 0. The van der Waals surface area contributed by atoms with Crippen LogP contribution < -0.4 is 5.32 Å². The third kappa shape index (κ3) is 2.77. The van der Waals surface area contributed by atoms with Crippen LogP contribution in [-0.4, -0.2) is 26.3 Å². The van der Waals surface area contributed by atoms with Crippen molar-refractivity contribution in [3.8, 4) is 0 Å². The van der Waals surface area contributed by atoms with Crippen LogP contribution in [0.25, 0.3) is 0 Å². The van der Waals surface area contributed by atoms with E-state index in [-0.39, 0.29) is 5.91 Å². The molecule has 0 saturated heterocycles. The van der Waals surface area contributed by atoms with Crippen molar-refractivity contribution in [1.82, 2.24) is 20.4 Å². The molecule has 2 heterocycles. The molecule has 0 saturated carbocycles. The van der Waals surface area contributed by atoms with Crippen LogP contribution in [0.5, 0.6) is 0 Å². The zero-order valence-corrected chi connectivity index (χ0v) is 10.5. The van der Waals surface area contributed by atoms with Crippen molar-refractivity contribution >= 4 is 11.7 Å². The second-order valence-electron chi connectivity index (χ2n) is 4.32. The van der Waals surface area contributed by atoms with Gasteiger partial charge in [-0.3, -0.25) is 15.0 Å². The molecule has 0 radical (unpaired) electrons. The Balaban J connectivity index is 2.00. The first kappa shape index (κ1) is 12.3. The molecule has 2 aromatic rings. The van der Waals surface area contributed by atoms with Gasteiger partial charge in [0.1, 0.15) is 5.69 Å². The number of H-pyrrole nitrogens is 2. The Bertz CT molecular complexity index is 502. The van der Waals surface area contributed by atoms with E-state index in [0.29, 0.717) is 17.4 Å². The lowest BCUT2D eigenvalue weighted by atomic mass is 10.0. The van der Waals surface area contributed by atoms with Crippen molar-refractivity contribution in [3.63, 3.8) is 0 Å². The molecule has 0 spiro atoms. The SMILES string of the molecule is CCCC(C)c1cc(NC(=O)c2ccn[nH]2)n[nH]1. The Kier molecular flexibility index (Phi) is 3.76. The van der Waals surface area contributed by atoms with Crippen LogP contribution in [0.15, 0.2) is 18.3 Å². The van der Waals surface area contributed by atoms with Gasteiger partial charge in [0.2, 0.25) is 0 Å². The minimum absolute atomic E-state index is 0.242. The Morgan fingerprint density at radius 3 is 3.00 bits per heavy atom. The minimum Gasteiger partial charge on any atom is -0.304 e. The predicted molar refractivity (Wildman–Crippen MR) is 68.5 cm³/mol. The number of anilines is 1. The number of hydrogen-bond donors (Lipinski definition) is 3. The van der Waals surface area contributed by atoms with Gasteiger partial charge in [0, 0.05) is 18.0 Å². The first-order valence-corrected chi connectivity index (χ1v) is 6.06. The summed E-state index contributed by atoms with van der Waals surface area (Å²) >= 11 is 0. The lowest BCUT2D eigenvalue weighted by Gasteiger charge is -2.05. The van der Waals surface area contributed by atoms with Crippen molar-refractivity contribution < 1.29 is 4.79 Å². The first-order valence-electron chi connectivity index (χ1n) is 6.06. The van der Waals surface area contributed by atoms with Gasteiger partial charge in [-0.15, -0.1) is 0 Å². The molecule has 96 valence electrons. The predicted octanol–water partition coefficient (Wildman–Crippen LogP) is 2.29. The third-order valence-corrected chi connectivity index (χ3v) is 2.84. The number of aromatic amines is 2. The monoisotopic (exact) mass is 247 g/mol. The number of amides is 1. The molecule has 18 heavy (non-hydrogen) atoms. The second kappa shape index (κ2) is 5.48. The molecule has 2 aromatic heterocycles. The molecule has 0 bridgehead atoms. The van der Waals surface area contributed by atoms with E-state index in [1.165, 1.54) is 6.20 Å². The van der Waals surface area contributed by atoms with Crippen LogP contribution in [0.3, 0.4) is 0 Å². The zero-order valence-electron chi connectivity index (χ0n) is 10.5. The van der Waals surface area contributed by atoms with Gasteiger partial charge in [0.05, 0.1) is 0 Å². The van der Waals surface area contributed by atoms with Gasteiger partial charge in [0.15, 0.2) is 5.82 Å². The number of nitrogens with zero attached hydrogens (tertiary/aromatic N) is 2. The quantitative estimate of drug-likeness (QED) is 0.757. The fraction of sp³-hybridized carbons (Fsp3) is 0.417. The van der Waals surface area contributed by atoms with Crippen molar-refractivity contribution in [2.45, 2.75) is 32.6 Å². The maximum Gasteiger partial charge on any atom is 0.274 e. The zero-order chi connectivity index (χ0) is 13.0. The molecule has 1 amide bonds. The number of aromatic nitrogens is 4. The summed E-state index contributed by atoms with van der Waals surface area (Å²) in [6, 6.07) is 3.48. The largest absolute Gasteiger partial charge is 0.304 e. The molecular formula is C12H17N5O. The van der Waals surface area contributed by atoms with E-state index in [2.05, 4.69) is 39.6 Å². The van der Waals surface area contributed by atoms with Crippen LogP contribution >= 0.6 is 0 Å². The van der Waals surface area contributed by atoms with Gasteiger partial charge in [0.25, 0.3) is 5.91 Å². The van der Waals surface area contributed by atoms with E-state index in [4.69, 9.17) is 0 Å². The molecule has 0 aliphatic carbocycles. The molecule has 1 atom stereocenters. The van der Waals surface area contributed by atoms with Crippen molar-refractivity contribution in [2.24, 2.45) is 0 Å². The number of rotatable bonds is 5. The molecule has 0 fully saturated rings. The summed E-state index contributed by atoms with van der Waals surface area (Å²) < 4.78 is 0. The van der Waals surface area contributed by atoms with E-state index < -0.39 is 0 Å². The molecule has 0 aromatic carbocycles. The Morgan fingerprint density at radius 1 is 1.50 bits per heavy atom. The summed E-state index contributed by atoms with van der Waals surface area (Å²) in [5.41, 5.74) is 1.46. The highest BCUT2D eigenvalue weighted by atomic mass is 16.2. The molecule has 1 unspecified atom stereocenters. The number of nitrogens with one attached hydrogen (secondary N) is 3. The third-order valence-electron chi connectivity index (χ3n) is 2.84. The average molecular weight is 247 g/mol. The number of hydrogen-bond acceptors (Lipinski definition) is 3. The van der Waals surface area contributed by atoms with Gasteiger partial charge < -0.3 is 5.32 Å². The highest BCUT2D eigenvalue weighted by Crippen LogP contribution is 2.20. The molecule has 6 nitrogen and oxygen atoms in total. The highest BCUT2D eigenvalue weighted by Gasteiger charge is 2.12. The van der Waals surface area contributed by atoms with Gasteiger partial charge in [-0.05, 0) is 18.4 Å². The topological polar surface area (TPSA) is 86.5 Å². The summed E-state index contributed by atoms with van der Waals surface area (Å²) in [5.74, 6) is 0.710. The summed E-state index contributed by atoms with van der Waals surface area (Å²) in [6.07, 6.45) is 3.75. The minimum atomic E-state index is -0.242. The van der Waals surface area contributed by atoms with E-state index in [9.17, 15) is 4.79 Å². The number of carbonyl (C=O) groups excluding carboxylic acids is 1. The molecule has 3 N–H and O–H groups in total. The maximum absolute atomic E-state index is 11.7. The lowest BCUT2D eigenvalue weighted by molar-refractivity contribution is 0.102. The van der Waals surface area contributed by atoms with Crippen LogP contribution in [-0.2, 0) is 0 Å². The normalized spacial score (nSPS) is 12.3. The summed E-state index contributed by atoms with van der Waals surface area (Å²) in [6.45, 7) is 4.28. The van der Waals surface area contributed by atoms with Crippen molar-refractivity contribution in [2.75, 3.05) is 5.32 Å². The highest BCUT2D eigenvalue weighted by molar-refractivity contribution is 6.02. The first-order chi connectivity index (χ1) is 8.70. The lowest BCUT2D eigenvalue weighted by Crippen LogP contribution is -2.12. The molecular weight excluding hydrogens is 230 g/mol. The summed E-state index contributed by atoms with van der Waals surface area (Å²) in [4.78, 5) is 11.7. The Labute approximate surface area is 105 Å². The molecule has 0 aliphatic heterocycles. The molecule has 6 heteroatoms. The van der Waals surface area contributed by atoms with E-state index >= 15 is 0 Å². The van der Waals surface area contributed by atoms with Crippen LogP contribution in [0.1, 0.15) is 48.8 Å². The fourth-order valence-electron chi connectivity index (χ4n) is 1.81. The van der Waals surface area contributed by atoms with Gasteiger partial charge in [-0.25, -0.2) is 0 Å². The van der Waals surface area contributed by atoms with Gasteiger partial charge in [-0.2, -0.15) is 10.2 Å². The molecule has 0 aliphatic rings. The fourth-order valence-corrected chi connectivity index (χ4v) is 1.81. The van der Waals surface area contributed by atoms with Crippen molar-refractivity contribution in [3.05, 3.63) is 29.7 Å². The number of carbonyl (C=O) groups is 1. The Hall–Kier alpha value is -2.11. The average Bonchev–Trinajstić information content (AvgIpc) is 2.99. The van der Waals surface area contributed by atoms with Crippen LogP contribution in [0.4, 0.5) is 5.82 Å².